The fraction of sp³-hybridized carbons (Fsp3) is 0.0769. The number of ether oxygens (including phenoxy) is 1. The molecule has 3 aromatic heterocycles. The van der Waals surface area contributed by atoms with Crippen molar-refractivity contribution in [1.82, 2.24) is 14.6 Å². The van der Waals surface area contributed by atoms with Crippen LogP contribution in [0.4, 0.5) is 0 Å². The number of nitrogens with one attached hydrogen (secondary N) is 1. The summed E-state index contributed by atoms with van der Waals surface area (Å²) in [6.07, 6.45) is 7.29. The van der Waals surface area contributed by atoms with E-state index in [0.717, 1.165) is 16.6 Å². The Morgan fingerprint density at radius 3 is 2.94 bits per heavy atom. The van der Waals surface area contributed by atoms with Crippen molar-refractivity contribution in [2.45, 2.75) is 0 Å². The number of hydrogen-bond acceptors (Lipinski definition) is 3. The van der Waals surface area contributed by atoms with E-state index in [1.165, 1.54) is 7.11 Å². The summed E-state index contributed by atoms with van der Waals surface area (Å²) in [5.74, 6) is -0.330. The van der Waals surface area contributed by atoms with E-state index in [-0.39, 0.29) is 5.97 Å². The zero-order valence-electron chi connectivity index (χ0n) is 9.75. The molecule has 3 heterocycles. The number of esters is 1. The van der Waals surface area contributed by atoms with E-state index >= 15 is 0 Å². The van der Waals surface area contributed by atoms with Gasteiger partial charge in [0.2, 0.25) is 0 Å². The van der Waals surface area contributed by atoms with Gasteiger partial charge in [0.05, 0.1) is 18.9 Å². The van der Waals surface area contributed by atoms with Crippen molar-refractivity contribution in [1.29, 1.82) is 0 Å². The van der Waals surface area contributed by atoms with E-state index in [1.54, 1.807) is 18.5 Å². The number of H-pyrrole nitrogens is 1. The number of carbonyl (C=O) groups is 1. The Morgan fingerprint density at radius 2 is 2.22 bits per heavy atom. The Kier molecular flexibility index (Phi) is 2.37. The van der Waals surface area contributed by atoms with Gasteiger partial charge in [-0.15, -0.1) is 0 Å². The smallest absolute Gasteiger partial charge is 0.339 e. The number of nitrogens with zero attached hydrogens (tertiary/aromatic N) is 2. The van der Waals surface area contributed by atoms with Gasteiger partial charge in [0.15, 0.2) is 0 Å². The molecular formula is C13H11N3O2. The van der Waals surface area contributed by atoms with Crippen LogP contribution in [-0.4, -0.2) is 27.7 Å². The molecule has 18 heavy (non-hydrogen) atoms. The predicted octanol–water partition coefficient (Wildman–Crippen LogP) is 2.12. The van der Waals surface area contributed by atoms with Gasteiger partial charge in [-0.1, -0.05) is 6.07 Å². The van der Waals surface area contributed by atoms with Crippen molar-refractivity contribution in [2.75, 3.05) is 7.11 Å². The molecular weight excluding hydrogens is 230 g/mol. The number of methoxy groups -OCH3 is 1. The normalized spacial score (nSPS) is 10.7. The van der Waals surface area contributed by atoms with Crippen molar-refractivity contribution in [3.63, 3.8) is 0 Å². The molecule has 3 rings (SSSR count). The maximum Gasteiger partial charge on any atom is 0.339 e. The second-order valence-corrected chi connectivity index (χ2v) is 3.96. The minimum Gasteiger partial charge on any atom is -0.465 e. The molecule has 0 saturated carbocycles. The first-order valence-electron chi connectivity index (χ1n) is 5.47. The molecule has 0 spiro atoms. The number of carbonyl (C=O) groups excluding carboxylic acids is 1. The lowest BCUT2D eigenvalue weighted by Gasteiger charge is -1.99. The Bertz CT molecular complexity index is 698. The summed E-state index contributed by atoms with van der Waals surface area (Å²) in [4.78, 5) is 11.4. The molecule has 1 N–H and O–H groups in total. The molecule has 0 fully saturated rings. The standard InChI is InChI=1S/C13H11N3O2/c1-18-13(17)10-4-12-3-2-9(7-16(12)8-10)11-5-14-15-6-11/h2-8H,1H3,(H,14,15). The highest BCUT2D eigenvalue weighted by Gasteiger charge is 2.09. The monoisotopic (exact) mass is 241 g/mol. The van der Waals surface area contributed by atoms with Gasteiger partial charge < -0.3 is 9.14 Å². The largest absolute Gasteiger partial charge is 0.465 e. The zero-order valence-corrected chi connectivity index (χ0v) is 9.75. The van der Waals surface area contributed by atoms with Gasteiger partial charge >= 0.3 is 5.97 Å². The molecule has 5 nitrogen and oxygen atoms in total. The number of hydrogen-bond donors (Lipinski definition) is 1. The molecule has 0 aliphatic rings. The van der Waals surface area contributed by atoms with Crippen molar-refractivity contribution >= 4 is 11.5 Å². The number of rotatable bonds is 2. The molecule has 0 aliphatic heterocycles. The quantitative estimate of drug-likeness (QED) is 0.699. The lowest BCUT2D eigenvalue weighted by molar-refractivity contribution is 0.0601. The summed E-state index contributed by atoms with van der Waals surface area (Å²) < 4.78 is 6.60. The van der Waals surface area contributed by atoms with E-state index in [9.17, 15) is 4.79 Å². The zero-order chi connectivity index (χ0) is 12.5. The van der Waals surface area contributed by atoms with Crippen LogP contribution in [0, 0.1) is 0 Å². The molecule has 0 amide bonds. The Hall–Kier alpha value is -2.56. The van der Waals surface area contributed by atoms with E-state index in [0.29, 0.717) is 5.56 Å². The first-order chi connectivity index (χ1) is 8.78. The number of fused-ring (bicyclic) bond motifs is 1. The highest BCUT2D eigenvalue weighted by molar-refractivity contribution is 5.91. The Balaban J connectivity index is 2.10. The van der Waals surface area contributed by atoms with Gasteiger partial charge in [-0.3, -0.25) is 5.10 Å². The first-order valence-corrected chi connectivity index (χ1v) is 5.47. The fourth-order valence-electron chi connectivity index (χ4n) is 1.92. The predicted molar refractivity (Wildman–Crippen MR) is 66.3 cm³/mol. The van der Waals surface area contributed by atoms with Crippen LogP contribution >= 0.6 is 0 Å². The SMILES string of the molecule is COC(=O)c1cc2ccc(-c3cn[nH]c3)cn2c1. The van der Waals surface area contributed by atoms with Gasteiger partial charge in [0.25, 0.3) is 0 Å². The summed E-state index contributed by atoms with van der Waals surface area (Å²) in [6, 6.07) is 5.74. The van der Waals surface area contributed by atoms with E-state index < -0.39 is 0 Å². The van der Waals surface area contributed by atoms with Crippen LogP contribution in [0.25, 0.3) is 16.6 Å². The van der Waals surface area contributed by atoms with Gasteiger partial charge in [0.1, 0.15) is 0 Å². The van der Waals surface area contributed by atoms with Crippen LogP contribution in [0.5, 0.6) is 0 Å². The first kappa shape index (κ1) is 10.6. The Labute approximate surface area is 103 Å². The van der Waals surface area contributed by atoms with Crippen LogP contribution in [-0.2, 0) is 4.74 Å². The van der Waals surface area contributed by atoms with Gasteiger partial charge in [-0.2, -0.15) is 5.10 Å². The topological polar surface area (TPSA) is 59.4 Å². The summed E-state index contributed by atoms with van der Waals surface area (Å²) in [5.41, 5.74) is 3.53. The lowest BCUT2D eigenvalue weighted by atomic mass is 10.1. The van der Waals surface area contributed by atoms with Crippen molar-refractivity contribution in [3.05, 3.63) is 48.5 Å². The van der Waals surface area contributed by atoms with Crippen molar-refractivity contribution < 1.29 is 9.53 Å². The molecule has 0 radical (unpaired) electrons. The summed E-state index contributed by atoms with van der Waals surface area (Å²) in [5, 5.41) is 6.69. The van der Waals surface area contributed by atoms with E-state index in [2.05, 4.69) is 10.2 Å². The summed E-state index contributed by atoms with van der Waals surface area (Å²) >= 11 is 0. The Morgan fingerprint density at radius 1 is 1.33 bits per heavy atom. The molecule has 0 aliphatic carbocycles. The molecule has 0 unspecified atom stereocenters. The minimum absolute atomic E-state index is 0.330. The number of pyridine rings is 1. The molecule has 5 heteroatoms. The third kappa shape index (κ3) is 1.66. The third-order valence-electron chi connectivity index (χ3n) is 2.84. The molecule has 3 aromatic rings. The number of aromatic nitrogens is 3. The fourth-order valence-corrected chi connectivity index (χ4v) is 1.92. The highest BCUT2D eigenvalue weighted by atomic mass is 16.5. The van der Waals surface area contributed by atoms with E-state index in [1.807, 2.05) is 28.9 Å². The molecule has 0 saturated heterocycles. The molecule has 0 atom stereocenters. The van der Waals surface area contributed by atoms with Gasteiger partial charge in [-0.05, 0) is 12.1 Å². The van der Waals surface area contributed by atoms with Crippen LogP contribution in [0.15, 0.2) is 43.0 Å². The van der Waals surface area contributed by atoms with Crippen molar-refractivity contribution in [2.24, 2.45) is 0 Å². The highest BCUT2D eigenvalue weighted by Crippen LogP contribution is 2.20. The summed E-state index contributed by atoms with van der Waals surface area (Å²) in [6.45, 7) is 0. The third-order valence-corrected chi connectivity index (χ3v) is 2.84. The minimum atomic E-state index is -0.330. The summed E-state index contributed by atoms with van der Waals surface area (Å²) in [7, 11) is 1.38. The molecule has 0 aromatic carbocycles. The average molecular weight is 241 g/mol. The lowest BCUT2D eigenvalue weighted by Crippen LogP contribution is -1.98. The van der Waals surface area contributed by atoms with Crippen LogP contribution < -0.4 is 0 Å². The van der Waals surface area contributed by atoms with E-state index in [4.69, 9.17) is 4.74 Å². The maximum absolute atomic E-state index is 11.4. The second-order valence-electron chi connectivity index (χ2n) is 3.96. The second kappa shape index (κ2) is 4.03. The maximum atomic E-state index is 11.4. The van der Waals surface area contributed by atoms with Gasteiger partial charge in [0, 0.05) is 35.2 Å². The average Bonchev–Trinajstić information content (AvgIpc) is 3.05. The van der Waals surface area contributed by atoms with Crippen LogP contribution in [0.2, 0.25) is 0 Å². The molecule has 90 valence electrons. The van der Waals surface area contributed by atoms with Crippen LogP contribution in [0.3, 0.4) is 0 Å². The van der Waals surface area contributed by atoms with Crippen molar-refractivity contribution in [3.8, 4) is 11.1 Å². The number of aromatic amines is 1. The van der Waals surface area contributed by atoms with Crippen LogP contribution in [0.1, 0.15) is 10.4 Å². The van der Waals surface area contributed by atoms with Gasteiger partial charge in [-0.25, -0.2) is 4.79 Å². The molecule has 0 bridgehead atoms.